The molecule has 0 aliphatic carbocycles. The van der Waals surface area contributed by atoms with Crippen LogP contribution in [0, 0.1) is 0 Å². The number of rotatable bonds is 5. The van der Waals surface area contributed by atoms with Crippen LogP contribution in [0.2, 0.25) is 0 Å². The maximum atomic E-state index is 12.6. The van der Waals surface area contributed by atoms with Crippen molar-refractivity contribution < 1.29 is 21.6 Å². The van der Waals surface area contributed by atoms with Crippen LogP contribution >= 0.6 is 12.4 Å². The van der Waals surface area contributed by atoms with E-state index in [1.54, 1.807) is 0 Å². The molecule has 1 aromatic carbocycles. The summed E-state index contributed by atoms with van der Waals surface area (Å²) in [6.45, 7) is 1.13. The maximum absolute atomic E-state index is 12.6. The molecule has 126 valence electrons. The molecule has 2 N–H and O–H groups in total. The maximum Gasteiger partial charge on any atom is 0.416 e. The van der Waals surface area contributed by atoms with E-state index in [1.807, 2.05) is 0 Å². The van der Waals surface area contributed by atoms with E-state index < -0.39 is 21.8 Å². The van der Waals surface area contributed by atoms with E-state index in [2.05, 4.69) is 10.0 Å². The molecule has 9 heteroatoms. The molecule has 2 rings (SSSR count). The molecule has 1 atom stereocenters. The van der Waals surface area contributed by atoms with Crippen molar-refractivity contribution in [2.45, 2.75) is 36.4 Å². The Labute approximate surface area is 133 Å². The minimum atomic E-state index is -4.56. The molecule has 1 heterocycles. The third-order valence-corrected chi connectivity index (χ3v) is 4.88. The van der Waals surface area contributed by atoms with Crippen LogP contribution in [0.25, 0.3) is 0 Å². The predicted octanol–water partition coefficient (Wildman–Crippen LogP) is 2.55. The lowest BCUT2D eigenvalue weighted by Gasteiger charge is -2.12. The third kappa shape index (κ3) is 5.12. The Hall–Kier alpha value is -0.830. The van der Waals surface area contributed by atoms with Gasteiger partial charge in [-0.25, -0.2) is 13.1 Å². The molecule has 1 aliphatic rings. The van der Waals surface area contributed by atoms with Crippen molar-refractivity contribution in [2.24, 2.45) is 0 Å². The van der Waals surface area contributed by atoms with E-state index in [0.717, 1.165) is 37.6 Å². The third-order valence-electron chi connectivity index (χ3n) is 3.42. The van der Waals surface area contributed by atoms with E-state index >= 15 is 0 Å². The summed E-state index contributed by atoms with van der Waals surface area (Å²) in [5, 5.41) is 3.23. The Morgan fingerprint density at radius 2 is 2.05 bits per heavy atom. The highest BCUT2D eigenvalue weighted by Crippen LogP contribution is 2.30. The second kappa shape index (κ2) is 7.63. The number of sulfonamides is 1. The SMILES string of the molecule is Cl.O=S(=O)(NCC[C@H]1CCCN1)c1cccc(C(F)(F)F)c1. The van der Waals surface area contributed by atoms with Crippen molar-refractivity contribution in [2.75, 3.05) is 13.1 Å². The fourth-order valence-corrected chi connectivity index (χ4v) is 3.39. The van der Waals surface area contributed by atoms with Crippen LogP contribution in [-0.4, -0.2) is 27.5 Å². The molecular weight excluding hydrogens is 341 g/mol. The molecule has 0 saturated carbocycles. The average molecular weight is 359 g/mol. The lowest BCUT2D eigenvalue weighted by molar-refractivity contribution is -0.137. The first-order chi connectivity index (χ1) is 9.79. The second-order valence-corrected chi connectivity index (χ2v) is 6.77. The molecule has 1 aliphatic heterocycles. The van der Waals surface area contributed by atoms with Crippen LogP contribution in [0.5, 0.6) is 0 Å². The van der Waals surface area contributed by atoms with Crippen LogP contribution in [0.3, 0.4) is 0 Å². The Kier molecular flexibility index (Phi) is 6.66. The molecule has 0 amide bonds. The van der Waals surface area contributed by atoms with Crippen LogP contribution in [-0.2, 0) is 16.2 Å². The van der Waals surface area contributed by atoms with Gasteiger partial charge in [0.25, 0.3) is 0 Å². The summed E-state index contributed by atoms with van der Waals surface area (Å²) in [7, 11) is -3.91. The highest BCUT2D eigenvalue weighted by molar-refractivity contribution is 7.89. The van der Waals surface area contributed by atoms with Gasteiger partial charge in [0.1, 0.15) is 0 Å². The summed E-state index contributed by atoms with van der Waals surface area (Å²) in [5.74, 6) is 0. The smallest absolute Gasteiger partial charge is 0.314 e. The van der Waals surface area contributed by atoms with Crippen LogP contribution in [0.1, 0.15) is 24.8 Å². The topological polar surface area (TPSA) is 58.2 Å². The fraction of sp³-hybridized carbons (Fsp3) is 0.538. The molecule has 0 radical (unpaired) electrons. The highest BCUT2D eigenvalue weighted by Gasteiger charge is 2.31. The summed E-state index contributed by atoms with van der Waals surface area (Å²) >= 11 is 0. The molecule has 0 unspecified atom stereocenters. The summed E-state index contributed by atoms with van der Waals surface area (Å²) in [5.41, 5.74) is -0.970. The molecule has 1 aromatic rings. The van der Waals surface area contributed by atoms with Crippen molar-refractivity contribution >= 4 is 22.4 Å². The minimum absolute atomic E-state index is 0. The van der Waals surface area contributed by atoms with Gasteiger partial charge in [0.15, 0.2) is 0 Å². The largest absolute Gasteiger partial charge is 0.416 e. The molecule has 1 fully saturated rings. The van der Waals surface area contributed by atoms with Crippen molar-refractivity contribution in [3.63, 3.8) is 0 Å². The van der Waals surface area contributed by atoms with Crippen molar-refractivity contribution in [1.29, 1.82) is 0 Å². The lowest BCUT2D eigenvalue weighted by Crippen LogP contribution is -2.30. The Morgan fingerprint density at radius 3 is 2.64 bits per heavy atom. The Balaban J connectivity index is 0.00000242. The highest BCUT2D eigenvalue weighted by atomic mass is 35.5. The van der Waals surface area contributed by atoms with E-state index in [9.17, 15) is 21.6 Å². The Morgan fingerprint density at radius 1 is 1.32 bits per heavy atom. The van der Waals surface area contributed by atoms with Gasteiger partial charge in [-0.3, -0.25) is 0 Å². The first-order valence-electron chi connectivity index (χ1n) is 6.69. The molecule has 0 bridgehead atoms. The van der Waals surface area contributed by atoms with Gasteiger partial charge in [-0.05, 0) is 44.0 Å². The average Bonchev–Trinajstić information content (AvgIpc) is 2.91. The zero-order chi connectivity index (χ0) is 15.5. The van der Waals surface area contributed by atoms with Crippen molar-refractivity contribution in [3.8, 4) is 0 Å². The van der Waals surface area contributed by atoms with E-state index in [4.69, 9.17) is 0 Å². The number of nitrogens with one attached hydrogen (secondary N) is 2. The zero-order valence-corrected chi connectivity index (χ0v) is 13.3. The first-order valence-corrected chi connectivity index (χ1v) is 8.18. The normalized spacial score (nSPS) is 19.0. The number of halogens is 4. The standard InChI is InChI=1S/C13H17F3N2O2S.ClH/c14-13(15,16)10-3-1-5-12(9-10)21(19,20)18-8-6-11-4-2-7-17-11;/h1,3,5,9,11,17-18H,2,4,6-8H2;1H/t11-;/m1./s1. The summed E-state index contributed by atoms with van der Waals surface area (Å²) in [4.78, 5) is -0.364. The van der Waals surface area contributed by atoms with Gasteiger partial charge >= 0.3 is 6.18 Å². The van der Waals surface area contributed by atoms with Gasteiger partial charge < -0.3 is 5.32 Å². The molecule has 0 spiro atoms. The molecule has 22 heavy (non-hydrogen) atoms. The molecule has 4 nitrogen and oxygen atoms in total. The van der Waals surface area contributed by atoms with Gasteiger partial charge in [0.05, 0.1) is 10.5 Å². The number of hydrogen-bond acceptors (Lipinski definition) is 3. The van der Waals surface area contributed by atoms with Crippen LogP contribution in [0.15, 0.2) is 29.2 Å². The van der Waals surface area contributed by atoms with Crippen LogP contribution < -0.4 is 10.0 Å². The van der Waals surface area contributed by atoms with Gasteiger partial charge in [-0.15, -0.1) is 12.4 Å². The quantitative estimate of drug-likeness (QED) is 0.850. The van der Waals surface area contributed by atoms with E-state index in [0.29, 0.717) is 12.5 Å². The second-order valence-electron chi connectivity index (χ2n) is 5.01. The summed E-state index contributed by atoms with van der Waals surface area (Å²) in [6.07, 6.45) is -1.88. The van der Waals surface area contributed by atoms with Gasteiger partial charge in [-0.2, -0.15) is 13.2 Å². The van der Waals surface area contributed by atoms with Crippen molar-refractivity contribution in [3.05, 3.63) is 29.8 Å². The first kappa shape index (κ1) is 19.2. The summed E-state index contributed by atoms with van der Waals surface area (Å²) in [6, 6.07) is 4.02. The predicted molar refractivity (Wildman–Crippen MR) is 79.5 cm³/mol. The molecule has 0 aromatic heterocycles. The van der Waals surface area contributed by atoms with E-state index in [-0.39, 0.29) is 29.9 Å². The fourth-order valence-electron chi connectivity index (χ4n) is 2.29. The monoisotopic (exact) mass is 358 g/mol. The number of hydrogen-bond donors (Lipinski definition) is 2. The number of benzene rings is 1. The van der Waals surface area contributed by atoms with Crippen molar-refractivity contribution in [1.82, 2.24) is 10.0 Å². The Bertz CT molecular complexity index is 587. The molecule has 1 saturated heterocycles. The van der Waals surface area contributed by atoms with Gasteiger partial charge in [-0.1, -0.05) is 6.07 Å². The van der Waals surface area contributed by atoms with Crippen LogP contribution in [0.4, 0.5) is 13.2 Å². The zero-order valence-electron chi connectivity index (χ0n) is 11.7. The summed E-state index contributed by atoms with van der Waals surface area (Å²) < 4.78 is 64.1. The van der Waals surface area contributed by atoms with Gasteiger partial charge in [0.2, 0.25) is 10.0 Å². The lowest BCUT2D eigenvalue weighted by atomic mass is 10.2. The number of alkyl halides is 3. The molecular formula is C13H18ClF3N2O2S. The minimum Gasteiger partial charge on any atom is -0.314 e. The van der Waals surface area contributed by atoms with E-state index in [1.165, 1.54) is 0 Å². The van der Waals surface area contributed by atoms with Gasteiger partial charge in [0, 0.05) is 12.6 Å².